The monoisotopic (exact) mass is 335 g/mol. The van der Waals surface area contributed by atoms with Gasteiger partial charge in [-0.05, 0) is 6.92 Å². The summed E-state index contributed by atoms with van der Waals surface area (Å²) < 4.78 is 10.2. The third-order valence-electron chi connectivity index (χ3n) is 4.97. The molecule has 4 rings (SSSR count). The Morgan fingerprint density at radius 2 is 1.83 bits per heavy atom. The third-order valence-corrected chi connectivity index (χ3v) is 4.97. The molecule has 0 aromatic heterocycles. The highest BCUT2D eigenvalue weighted by Crippen LogP contribution is 2.58. The summed E-state index contributed by atoms with van der Waals surface area (Å²) in [5, 5.41) is 61.6. The summed E-state index contributed by atoms with van der Waals surface area (Å²) in [5.41, 5.74) is 6.98. The van der Waals surface area contributed by atoms with E-state index in [-0.39, 0.29) is 5.84 Å². The second kappa shape index (κ2) is 4.81. The highest BCUT2D eigenvalue weighted by Gasteiger charge is 2.82. The molecule has 1 aliphatic carbocycles. The predicted octanol–water partition coefficient (Wildman–Crippen LogP) is -5.10. The summed E-state index contributed by atoms with van der Waals surface area (Å²) >= 11 is 0. The van der Waals surface area contributed by atoms with Gasteiger partial charge in [-0.25, -0.2) is 0 Å². The molecule has 0 radical (unpaired) electrons. The SMILES string of the molecule is CC(N)=NC12C(O)C3OC(O)(OC([C@@H]1C(N)O)[C@@]3(O)CO)[C@H]2O. The van der Waals surface area contributed by atoms with Crippen molar-refractivity contribution in [2.24, 2.45) is 22.4 Å². The van der Waals surface area contributed by atoms with Crippen LogP contribution in [0.1, 0.15) is 6.92 Å². The fraction of sp³-hybridized carbons (Fsp3) is 0.917. The average molecular weight is 335 g/mol. The zero-order valence-corrected chi connectivity index (χ0v) is 12.3. The first-order valence-electron chi connectivity index (χ1n) is 7.07. The Labute approximate surface area is 130 Å². The summed E-state index contributed by atoms with van der Waals surface area (Å²) in [5.74, 6) is -4.03. The quantitative estimate of drug-likeness (QED) is 0.140. The number of amidine groups is 1. The number of ether oxygens (including phenoxy) is 2. The van der Waals surface area contributed by atoms with E-state index in [0.29, 0.717) is 0 Å². The van der Waals surface area contributed by atoms with Gasteiger partial charge in [0.1, 0.15) is 35.7 Å². The maximum atomic E-state index is 10.6. The fourth-order valence-corrected chi connectivity index (χ4v) is 4.07. The van der Waals surface area contributed by atoms with Crippen molar-refractivity contribution in [2.75, 3.05) is 6.61 Å². The van der Waals surface area contributed by atoms with E-state index in [0.717, 1.165) is 0 Å². The van der Waals surface area contributed by atoms with Gasteiger partial charge in [-0.2, -0.15) is 0 Å². The molecule has 4 aliphatic rings. The van der Waals surface area contributed by atoms with E-state index in [1.54, 1.807) is 0 Å². The Hall–Kier alpha value is -0.890. The van der Waals surface area contributed by atoms with Crippen LogP contribution in [0.3, 0.4) is 0 Å². The highest BCUT2D eigenvalue weighted by atomic mass is 16.9. The van der Waals surface area contributed by atoms with Crippen LogP contribution in [0.4, 0.5) is 0 Å². The summed E-state index contributed by atoms with van der Waals surface area (Å²) in [6.07, 6.45) is -8.39. The largest absolute Gasteiger partial charge is 0.393 e. The molecule has 11 heteroatoms. The molecule has 11 nitrogen and oxygen atoms in total. The first-order valence-corrected chi connectivity index (χ1v) is 7.07. The number of nitrogens with two attached hydrogens (primary N) is 2. The van der Waals surface area contributed by atoms with Gasteiger partial charge in [-0.3, -0.25) is 4.99 Å². The van der Waals surface area contributed by atoms with Crippen molar-refractivity contribution in [3.63, 3.8) is 0 Å². The minimum atomic E-state index is -2.60. The first kappa shape index (κ1) is 17.0. The van der Waals surface area contributed by atoms with Gasteiger partial charge in [0.2, 0.25) is 0 Å². The summed E-state index contributed by atoms with van der Waals surface area (Å²) in [6.45, 7) is 0.470. The number of aliphatic hydroxyl groups is 6. The third kappa shape index (κ3) is 1.82. The number of rotatable bonds is 3. The summed E-state index contributed by atoms with van der Waals surface area (Å²) in [6, 6.07) is 0. The molecule has 4 bridgehead atoms. The number of nitrogens with zero attached hydrogens (tertiary/aromatic N) is 1. The van der Waals surface area contributed by atoms with Crippen LogP contribution in [-0.4, -0.2) is 90.8 Å². The van der Waals surface area contributed by atoms with Crippen LogP contribution in [0, 0.1) is 5.92 Å². The van der Waals surface area contributed by atoms with Crippen LogP contribution in [0.5, 0.6) is 0 Å². The zero-order valence-electron chi connectivity index (χ0n) is 12.3. The molecule has 10 N–H and O–H groups in total. The van der Waals surface area contributed by atoms with Crippen LogP contribution < -0.4 is 11.5 Å². The van der Waals surface area contributed by atoms with Crippen molar-refractivity contribution >= 4 is 5.84 Å². The molecule has 3 heterocycles. The standard InChI is InChI=1S/C12H21N3O8/c1-3(13)15-11-4(8(14)18)6-10(20,2-16)7(5(11)17)23-12(21,22-6)9(11)19/h4-9,16-21H,2,14H2,1H3,(H2,13,15)/t4-,5?,6?,7?,8?,9+,10+,11?,12?/m1/s1. The molecule has 3 aliphatic heterocycles. The summed E-state index contributed by atoms with van der Waals surface area (Å²) in [4.78, 5) is 4.02. The zero-order chi connectivity index (χ0) is 17.4. The van der Waals surface area contributed by atoms with E-state index in [1.807, 2.05) is 0 Å². The second-order valence-electron chi connectivity index (χ2n) is 6.36. The molecule has 0 amide bonds. The van der Waals surface area contributed by atoms with Gasteiger partial charge in [-0.15, -0.1) is 0 Å². The molecule has 23 heavy (non-hydrogen) atoms. The van der Waals surface area contributed by atoms with Crippen molar-refractivity contribution < 1.29 is 40.1 Å². The minimum absolute atomic E-state index is 0.0631. The van der Waals surface area contributed by atoms with E-state index in [2.05, 4.69) is 4.99 Å². The van der Waals surface area contributed by atoms with Crippen molar-refractivity contribution in [1.82, 2.24) is 0 Å². The molecule has 1 saturated carbocycles. The van der Waals surface area contributed by atoms with Crippen LogP contribution in [0.15, 0.2) is 4.99 Å². The number of aliphatic imine (C=N–C) groups is 1. The Morgan fingerprint density at radius 1 is 1.26 bits per heavy atom. The molecule has 132 valence electrons. The Kier molecular flexibility index (Phi) is 3.55. The molecule has 0 spiro atoms. The van der Waals surface area contributed by atoms with E-state index in [4.69, 9.17) is 20.9 Å². The molecule has 4 fully saturated rings. The lowest BCUT2D eigenvalue weighted by Gasteiger charge is -2.69. The van der Waals surface area contributed by atoms with Gasteiger partial charge >= 0.3 is 5.97 Å². The maximum absolute atomic E-state index is 10.6. The number of hydrogen-bond donors (Lipinski definition) is 8. The lowest BCUT2D eigenvalue weighted by atomic mass is 9.55. The minimum Gasteiger partial charge on any atom is -0.393 e. The Bertz CT molecular complexity index is 542. The van der Waals surface area contributed by atoms with Crippen molar-refractivity contribution in [1.29, 1.82) is 0 Å². The van der Waals surface area contributed by atoms with Crippen LogP contribution in [0.25, 0.3) is 0 Å². The number of aliphatic hydroxyl groups excluding tert-OH is 4. The summed E-state index contributed by atoms with van der Waals surface area (Å²) in [7, 11) is 0. The van der Waals surface area contributed by atoms with Crippen LogP contribution >= 0.6 is 0 Å². The Morgan fingerprint density at radius 3 is 2.30 bits per heavy atom. The highest BCUT2D eigenvalue weighted by molar-refractivity contribution is 5.78. The topological polar surface area (TPSA) is 204 Å². The van der Waals surface area contributed by atoms with Gasteiger partial charge in [0.05, 0.1) is 18.4 Å². The lowest BCUT2D eigenvalue weighted by molar-refractivity contribution is -0.545. The normalized spacial score (nSPS) is 56.9. The lowest BCUT2D eigenvalue weighted by Crippen LogP contribution is -2.91. The molecule has 0 aromatic rings. The molecule has 3 saturated heterocycles. The molecule has 0 aromatic carbocycles. The van der Waals surface area contributed by atoms with Crippen molar-refractivity contribution in [3.8, 4) is 0 Å². The van der Waals surface area contributed by atoms with Gasteiger partial charge in [-0.1, -0.05) is 0 Å². The number of hydrogen-bond acceptors (Lipinski definition) is 10. The second-order valence-corrected chi connectivity index (χ2v) is 6.36. The smallest absolute Gasteiger partial charge is 0.311 e. The van der Waals surface area contributed by atoms with Gasteiger partial charge in [0.15, 0.2) is 6.10 Å². The van der Waals surface area contributed by atoms with E-state index < -0.39 is 60.3 Å². The maximum Gasteiger partial charge on any atom is 0.311 e. The molecule has 6 unspecified atom stereocenters. The average Bonchev–Trinajstić information content (AvgIpc) is 2.44. The van der Waals surface area contributed by atoms with Gasteiger partial charge in [0.25, 0.3) is 0 Å². The first-order chi connectivity index (χ1) is 10.5. The fourth-order valence-electron chi connectivity index (χ4n) is 4.07. The molecular weight excluding hydrogens is 314 g/mol. The van der Waals surface area contributed by atoms with E-state index in [1.165, 1.54) is 6.92 Å². The predicted molar refractivity (Wildman–Crippen MR) is 72.5 cm³/mol. The molecule has 9 atom stereocenters. The van der Waals surface area contributed by atoms with Crippen LogP contribution in [-0.2, 0) is 9.47 Å². The van der Waals surface area contributed by atoms with Crippen LogP contribution in [0.2, 0.25) is 0 Å². The van der Waals surface area contributed by atoms with E-state index in [9.17, 15) is 30.6 Å². The van der Waals surface area contributed by atoms with Gasteiger partial charge < -0.3 is 51.6 Å². The van der Waals surface area contributed by atoms with E-state index >= 15 is 0 Å². The van der Waals surface area contributed by atoms with Crippen molar-refractivity contribution in [2.45, 2.75) is 54.7 Å². The Balaban J connectivity index is 2.26. The van der Waals surface area contributed by atoms with Gasteiger partial charge in [0, 0.05) is 0 Å². The van der Waals surface area contributed by atoms with Crippen molar-refractivity contribution in [3.05, 3.63) is 0 Å². The molecular formula is C12H21N3O8.